The molecule has 0 fully saturated rings. The van der Waals surface area contributed by atoms with Crippen LogP contribution in [0, 0.1) is 6.92 Å². The summed E-state index contributed by atoms with van der Waals surface area (Å²) < 4.78 is 11.2. The van der Waals surface area contributed by atoms with Crippen LogP contribution in [0.5, 0.6) is 5.75 Å². The van der Waals surface area contributed by atoms with Gasteiger partial charge < -0.3 is 14.5 Å². The van der Waals surface area contributed by atoms with Crippen LogP contribution in [0.2, 0.25) is 15.1 Å². The highest BCUT2D eigenvalue weighted by atomic mass is 35.5. The van der Waals surface area contributed by atoms with Crippen molar-refractivity contribution in [3.8, 4) is 5.75 Å². The van der Waals surface area contributed by atoms with Gasteiger partial charge in [-0.05, 0) is 61.0 Å². The van der Waals surface area contributed by atoms with Crippen LogP contribution in [-0.4, -0.2) is 5.91 Å². The lowest BCUT2D eigenvalue weighted by atomic mass is 10.2. The fourth-order valence-corrected chi connectivity index (χ4v) is 2.79. The fraction of sp³-hybridized carbons (Fsp3) is 0.105. The van der Waals surface area contributed by atoms with Gasteiger partial charge in [0.15, 0.2) is 5.76 Å². The van der Waals surface area contributed by atoms with Gasteiger partial charge in [0.2, 0.25) is 0 Å². The molecule has 1 N–H and O–H groups in total. The van der Waals surface area contributed by atoms with Gasteiger partial charge >= 0.3 is 0 Å². The number of rotatable bonds is 5. The first-order valence-electron chi connectivity index (χ1n) is 7.66. The number of hydrogen-bond donors (Lipinski definition) is 1. The maximum absolute atomic E-state index is 12.3. The van der Waals surface area contributed by atoms with Crippen LogP contribution in [0.4, 0.5) is 5.69 Å². The number of carbonyl (C=O) groups is 1. The van der Waals surface area contributed by atoms with Crippen molar-refractivity contribution in [1.29, 1.82) is 0 Å². The average Bonchev–Trinajstić information content (AvgIpc) is 3.06. The minimum Gasteiger partial charge on any atom is -0.485 e. The summed E-state index contributed by atoms with van der Waals surface area (Å²) in [5, 5.41) is 4.12. The fourth-order valence-electron chi connectivity index (χ4n) is 2.27. The molecule has 0 atom stereocenters. The van der Waals surface area contributed by atoms with E-state index in [0.29, 0.717) is 32.3 Å². The number of carbonyl (C=O) groups excluding carboxylic acids is 1. The third kappa shape index (κ3) is 4.52. The Morgan fingerprint density at radius 2 is 1.85 bits per heavy atom. The van der Waals surface area contributed by atoms with Gasteiger partial charge in [-0.3, -0.25) is 4.79 Å². The van der Waals surface area contributed by atoms with Crippen molar-refractivity contribution < 1.29 is 13.9 Å². The molecule has 0 spiro atoms. The number of halogens is 3. The molecule has 134 valence electrons. The van der Waals surface area contributed by atoms with Crippen LogP contribution in [0.15, 0.2) is 52.9 Å². The summed E-state index contributed by atoms with van der Waals surface area (Å²) >= 11 is 17.7. The summed E-state index contributed by atoms with van der Waals surface area (Å²) in [6.45, 7) is 2.10. The molecular formula is C19H14Cl3NO3. The third-order valence-corrected chi connectivity index (χ3v) is 4.54. The van der Waals surface area contributed by atoms with E-state index in [9.17, 15) is 4.79 Å². The highest BCUT2D eigenvalue weighted by Gasteiger charge is 2.13. The number of nitrogens with one attached hydrogen (secondary N) is 1. The number of amides is 1. The highest BCUT2D eigenvalue weighted by molar-refractivity contribution is 6.42. The van der Waals surface area contributed by atoms with Gasteiger partial charge in [-0.25, -0.2) is 0 Å². The Labute approximate surface area is 165 Å². The van der Waals surface area contributed by atoms with Crippen molar-refractivity contribution in [3.63, 3.8) is 0 Å². The molecule has 0 unspecified atom stereocenters. The van der Waals surface area contributed by atoms with Gasteiger partial charge in [0.1, 0.15) is 18.1 Å². The zero-order valence-corrected chi connectivity index (χ0v) is 16.0. The summed E-state index contributed by atoms with van der Waals surface area (Å²) in [6.07, 6.45) is 0. The Balaban J connectivity index is 1.63. The maximum Gasteiger partial charge on any atom is 0.291 e. The number of aryl methyl sites for hydroxylation is 1. The lowest BCUT2D eigenvalue weighted by molar-refractivity contribution is 0.0992. The molecule has 1 aromatic heterocycles. The Bertz CT molecular complexity index is 953. The van der Waals surface area contributed by atoms with Gasteiger partial charge in [-0.15, -0.1) is 0 Å². The molecule has 4 nitrogen and oxygen atoms in total. The monoisotopic (exact) mass is 409 g/mol. The van der Waals surface area contributed by atoms with E-state index in [1.807, 2.05) is 13.0 Å². The Hall–Kier alpha value is -2.14. The normalized spacial score (nSPS) is 10.6. The molecule has 2 aromatic carbocycles. The quantitative estimate of drug-likeness (QED) is 0.531. The minimum absolute atomic E-state index is 0.169. The van der Waals surface area contributed by atoms with E-state index < -0.39 is 5.91 Å². The van der Waals surface area contributed by atoms with Gasteiger partial charge in [0, 0.05) is 10.7 Å². The topological polar surface area (TPSA) is 51.5 Å². The molecule has 0 bridgehead atoms. The number of ether oxygens (including phenoxy) is 1. The van der Waals surface area contributed by atoms with Crippen LogP contribution in [0.1, 0.15) is 21.9 Å². The lowest BCUT2D eigenvalue weighted by Crippen LogP contribution is -2.10. The lowest BCUT2D eigenvalue weighted by Gasteiger charge is -2.08. The van der Waals surface area contributed by atoms with Crippen LogP contribution < -0.4 is 10.1 Å². The number of anilines is 1. The maximum atomic E-state index is 12.3. The van der Waals surface area contributed by atoms with Crippen molar-refractivity contribution in [3.05, 3.63) is 80.7 Å². The molecular weight excluding hydrogens is 397 g/mol. The molecule has 0 aliphatic rings. The van der Waals surface area contributed by atoms with Crippen molar-refractivity contribution >= 4 is 46.4 Å². The predicted molar refractivity (Wildman–Crippen MR) is 104 cm³/mol. The van der Waals surface area contributed by atoms with Gasteiger partial charge in [-0.2, -0.15) is 0 Å². The second kappa shape index (κ2) is 8.04. The van der Waals surface area contributed by atoms with E-state index in [2.05, 4.69) is 5.32 Å². The second-order valence-corrected chi connectivity index (χ2v) is 6.80. The summed E-state index contributed by atoms with van der Waals surface area (Å²) in [5.74, 6) is 1.01. The zero-order chi connectivity index (χ0) is 18.7. The van der Waals surface area contributed by atoms with E-state index >= 15 is 0 Å². The van der Waals surface area contributed by atoms with E-state index in [1.165, 1.54) is 0 Å². The molecule has 0 aliphatic carbocycles. The summed E-state index contributed by atoms with van der Waals surface area (Å²) in [7, 11) is 0. The zero-order valence-electron chi connectivity index (χ0n) is 13.7. The number of hydrogen-bond acceptors (Lipinski definition) is 3. The van der Waals surface area contributed by atoms with E-state index in [4.69, 9.17) is 44.0 Å². The average molecular weight is 411 g/mol. The molecule has 0 saturated heterocycles. The van der Waals surface area contributed by atoms with Crippen LogP contribution in [-0.2, 0) is 6.61 Å². The number of furan rings is 1. The smallest absolute Gasteiger partial charge is 0.291 e. The van der Waals surface area contributed by atoms with Crippen LogP contribution in [0.3, 0.4) is 0 Å². The molecule has 0 saturated carbocycles. The largest absolute Gasteiger partial charge is 0.485 e. The Morgan fingerprint density at radius 1 is 1.04 bits per heavy atom. The van der Waals surface area contributed by atoms with E-state index in [0.717, 1.165) is 5.56 Å². The summed E-state index contributed by atoms with van der Waals surface area (Å²) in [5.41, 5.74) is 1.44. The first-order valence-corrected chi connectivity index (χ1v) is 8.80. The first kappa shape index (κ1) is 18.6. The minimum atomic E-state index is -0.391. The molecule has 7 heteroatoms. The van der Waals surface area contributed by atoms with Gasteiger partial charge in [0.05, 0.1) is 10.0 Å². The van der Waals surface area contributed by atoms with Crippen molar-refractivity contribution in [2.24, 2.45) is 0 Å². The highest BCUT2D eigenvalue weighted by Crippen LogP contribution is 2.26. The van der Waals surface area contributed by atoms with Crippen molar-refractivity contribution in [2.45, 2.75) is 13.5 Å². The standard InChI is InChI=1S/C19H14Cl3NO3/c1-11-8-12(20)2-6-17(11)25-10-14-4-7-18(26-14)19(24)23-13-3-5-15(21)16(22)9-13/h2-9H,10H2,1H3,(H,23,24). The van der Waals surface area contributed by atoms with Crippen molar-refractivity contribution in [1.82, 2.24) is 0 Å². The van der Waals surface area contributed by atoms with Crippen LogP contribution in [0.25, 0.3) is 0 Å². The van der Waals surface area contributed by atoms with Crippen molar-refractivity contribution in [2.75, 3.05) is 5.32 Å². The molecule has 1 amide bonds. The van der Waals surface area contributed by atoms with Crippen LogP contribution >= 0.6 is 34.8 Å². The van der Waals surface area contributed by atoms with Gasteiger partial charge in [0.25, 0.3) is 5.91 Å². The van der Waals surface area contributed by atoms with E-state index in [-0.39, 0.29) is 12.4 Å². The molecule has 1 heterocycles. The molecule has 3 aromatic rings. The second-order valence-electron chi connectivity index (χ2n) is 5.55. The number of benzene rings is 2. The van der Waals surface area contributed by atoms with Gasteiger partial charge in [-0.1, -0.05) is 34.8 Å². The summed E-state index contributed by atoms with van der Waals surface area (Å²) in [4.78, 5) is 12.3. The first-order chi connectivity index (χ1) is 12.4. The molecule has 3 rings (SSSR count). The Morgan fingerprint density at radius 3 is 2.58 bits per heavy atom. The molecule has 0 aliphatic heterocycles. The molecule has 26 heavy (non-hydrogen) atoms. The third-order valence-electron chi connectivity index (χ3n) is 3.57. The molecule has 0 radical (unpaired) electrons. The SMILES string of the molecule is Cc1cc(Cl)ccc1OCc1ccc(C(=O)Nc2ccc(Cl)c(Cl)c2)o1. The predicted octanol–water partition coefficient (Wildman–Crippen LogP) is 6.38. The summed E-state index contributed by atoms with van der Waals surface area (Å²) in [6, 6.07) is 13.5. The van der Waals surface area contributed by atoms with E-state index in [1.54, 1.807) is 42.5 Å². The Kier molecular flexibility index (Phi) is 5.77.